The molecular formula is C22H37N6O9P. The number of carbonyl (C=O) groups excluding carboxylic acids is 1. The van der Waals surface area contributed by atoms with E-state index in [1.165, 1.54) is 24.7 Å². The normalized spacial score (nSPS) is 27.6. The zero-order valence-electron chi connectivity index (χ0n) is 22.0. The first-order valence-corrected chi connectivity index (χ1v) is 13.9. The van der Waals surface area contributed by atoms with Crippen LogP contribution >= 0.6 is 7.67 Å². The van der Waals surface area contributed by atoms with Gasteiger partial charge in [0.2, 0.25) is 0 Å². The van der Waals surface area contributed by atoms with E-state index in [-0.39, 0.29) is 19.0 Å². The Morgan fingerprint density at radius 3 is 2.66 bits per heavy atom. The summed E-state index contributed by atoms with van der Waals surface area (Å²) in [5, 5.41) is 41.3. The number of aromatic nitrogens is 3. The fraction of sp³-hybridized carbons (Fsp3) is 0.682. The minimum absolute atomic E-state index is 0.118. The van der Waals surface area contributed by atoms with Crippen LogP contribution in [0.1, 0.15) is 40.3 Å². The van der Waals surface area contributed by atoms with E-state index in [0.717, 1.165) is 0 Å². The summed E-state index contributed by atoms with van der Waals surface area (Å²) in [4.78, 5) is 16.1. The molecule has 0 aliphatic carbocycles. The van der Waals surface area contributed by atoms with Crippen LogP contribution in [0.25, 0.3) is 5.52 Å². The number of nitrogens with one attached hydrogen (secondary N) is 2. The third-order valence-corrected chi connectivity index (χ3v) is 8.21. The monoisotopic (exact) mass is 560 g/mol. The van der Waals surface area contributed by atoms with E-state index in [2.05, 4.69) is 20.3 Å². The second-order valence-corrected chi connectivity index (χ2v) is 11.0. The Kier molecular flexibility index (Phi) is 9.84. The van der Waals surface area contributed by atoms with Gasteiger partial charge in [-0.2, -0.15) is 5.10 Å². The number of aliphatic hydroxyl groups is 3. The molecule has 0 spiro atoms. The second-order valence-electron chi connectivity index (χ2n) is 9.07. The number of anilines is 1. The summed E-state index contributed by atoms with van der Waals surface area (Å²) < 4.78 is 37.0. The third-order valence-electron chi connectivity index (χ3n) is 6.22. The standard InChI is InChI=1S/C22H37N6O9P/c1-6-34-20(31)12(3)26-38(33,27-13(4)21(32)35-7-2)36-10-15-17(29)18(30)22(5,37-15)16-9-8-14-19(23)24-11-25-28(14)16/h8-9,11-13,15,17-18,20,29-31H,6-7,10H2,1-5H3,(H2,23,24,25)(H2,26,27,33)/t12-,13-,15+,17+,18+,20?,22-,38?/m0/s1. The van der Waals surface area contributed by atoms with Gasteiger partial charge in [0.25, 0.3) is 0 Å². The second kappa shape index (κ2) is 12.3. The highest BCUT2D eigenvalue weighted by Crippen LogP contribution is 2.44. The van der Waals surface area contributed by atoms with Crippen molar-refractivity contribution in [3.63, 3.8) is 0 Å². The quantitative estimate of drug-likeness (QED) is 0.105. The highest BCUT2D eigenvalue weighted by atomic mass is 31.2. The Morgan fingerprint density at radius 2 is 2.00 bits per heavy atom. The number of hydrogen-bond acceptors (Lipinski definition) is 12. The molecule has 2 unspecified atom stereocenters. The maximum Gasteiger partial charge on any atom is 0.342 e. The first-order valence-electron chi connectivity index (χ1n) is 12.3. The van der Waals surface area contributed by atoms with E-state index in [9.17, 15) is 24.7 Å². The molecular weight excluding hydrogens is 523 g/mol. The fourth-order valence-electron chi connectivity index (χ4n) is 4.17. The van der Waals surface area contributed by atoms with Crippen LogP contribution in [0, 0.1) is 0 Å². The van der Waals surface area contributed by atoms with Gasteiger partial charge in [-0.1, -0.05) is 0 Å². The zero-order chi connectivity index (χ0) is 28.3. The molecule has 3 rings (SSSR count). The first-order chi connectivity index (χ1) is 17.9. The van der Waals surface area contributed by atoms with Crippen LogP contribution in [-0.4, -0.2) is 92.4 Å². The summed E-state index contributed by atoms with van der Waals surface area (Å²) >= 11 is 0. The predicted molar refractivity (Wildman–Crippen MR) is 135 cm³/mol. The van der Waals surface area contributed by atoms with Gasteiger partial charge in [-0.05, 0) is 46.8 Å². The molecule has 38 heavy (non-hydrogen) atoms. The van der Waals surface area contributed by atoms with Gasteiger partial charge in [-0.15, -0.1) is 0 Å². The lowest BCUT2D eigenvalue weighted by Crippen LogP contribution is -2.44. The first kappa shape index (κ1) is 30.3. The number of aliphatic hydroxyl groups excluding tert-OH is 3. The Hall–Kier alpha value is -2.20. The van der Waals surface area contributed by atoms with Gasteiger partial charge in [0, 0.05) is 6.61 Å². The fourth-order valence-corrected chi connectivity index (χ4v) is 6.03. The number of nitrogens with two attached hydrogens (primary N) is 1. The van der Waals surface area contributed by atoms with Crippen LogP contribution in [0.3, 0.4) is 0 Å². The van der Waals surface area contributed by atoms with Crippen LogP contribution < -0.4 is 15.9 Å². The van der Waals surface area contributed by atoms with Gasteiger partial charge in [0.15, 0.2) is 12.1 Å². The Morgan fingerprint density at radius 1 is 1.29 bits per heavy atom. The molecule has 1 fully saturated rings. The lowest BCUT2D eigenvalue weighted by Gasteiger charge is -2.29. The summed E-state index contributed by atoms with van der Waals surface area (Å²) in [5.41, 5.74) is 5.35. The van der Waals surface area contributed by atoms with E-state index >= 15 is 0 Å². The average Bonchev–Trinajstić information content (AvgIpc) is 3.40. The van der Waals surface area contributed by atoms with Crippen molar-refractivity contribution in [2.75, 3.05) is 25.6 Å². The van der Waals surface area contributed by atoms with Crippen molar-refractivity contribution in [1.29, 1.82) is 0 Å². The van der Waals surface area contributed by atoms with Crippen molar-refractivity contribution in [3.8, 4) is 0 Å². The highest BCUT2D eigenvalue weighted by molar-refractivity contribution is 7.54. The molecule has 7 N–H and O–H groups in total. The molecule has 16 heteroatoms. The van der Waals surface area contributed by atoms with Gasteiger partial charge in [-0.25, -0.2) is 19.7 Å². The number of esters is 1. The Balaban J connectivity index is 1.80. The number of ether oxygens (including phenoxy) is 3. The highest BCUT2D eigenvalue weighted by Gasteiger charge is 2.54. The van der Waals surface area contributed by atoms with Crippen molar-refractivity contribution in [2.45, 2.75) is 76.9 Å². The third kappa shape index (κ3) is 6.33. The maximum atomic E-state index is 13.7. The number of carbonyl (C=O) groups is 1. The van der Waals surface area contributed by atoms with Gasteiger partial charge >= 0.3 is 13.6 Å². The predicted octanol–water partition coefficient (Wildman–Crippen LogP) is -0.354. The number of rotatable bonds is 13. The van der Waals surface area contributed by atoms with Crippen LogP contribution in [0.4, 0.5) is 5.82 Å². The summed E-state index contributed by atoms with van der Waals surface area (Å²) in [5.74, 6) is -0.447. The molecule has 2 aromatic heterocycles. The number of nitrogen functional groups attached to an aromatic ring is 1. The van der Waals surface area contributed by atoms with Crippen LogP contribution in [0.5, 0.6) is 0 Å². The van der Waals surface area contributed by atoms with Gasteiger partial charge in [0.05, 0.1) is 24.9 Å². The molecule has 15 nitrogen and oxygen atoms in total. The number of hydrogen-bond donors (Lipinski definition) is 6. The molecule has 1 aliphatic heterocycles. The lowest BCUT2D eigenvalue weighted by atomic mass is 9.93. The summed E-state index contributed by atoms with van der Waals surface area (Å²) in [6.45, 7) is 7.70. The van der Waals surface area contributed by atoms with Crippen molar-refractivity contribution in [3.05, 3.63) is 24.2 Å². The topological polar surface area (TPSA) is 212 Å². The zero-order valence-corrected chi connectivity index (χ0v) is 22.9. The Bertz CT molecular complexity index is 1150. The molecule has 0 aromatic carbocycles. The van der Waals surface area contributed by atoms with Crippen molar-refractivity contribution < 1.29 is 43.4 Å². The van der Waals surface area contributed by atoms with E-state index in [1.807, 2.05) is 0 Å². The van der Waals surface area contributed by atoms with Crippen molar-refractivity contribution in [2.24, 2.45) is 0 Å². The molecule has 0 radical (unpaired) electrons. The Labute approximate surface area is 220 Å². The minimum atomic E-state index is -4.09. The molecule has 0 saturated carbocycles. The smallest absolute Gasteiger partial charge is 0.342 e. The van der Waals surface area contributed by atoms with Crippen LogP contribution in [0.15, 0.2) is 18.5 Å². The van der Waals surface area contributed by atoms with Gasteiger partial charge in [0.1, 0.15) is 41.8 Å². The molecule has 214 valence electrons. The molecule has 2 aromatic rings. The molecule has 3 heterocycles. The summed E-state index contributed by atoms with van der Waals surface area (Å²) in [6, 6.07) is 1.37. The molecule has 8 atom stereocenters. The summed E-state index contributed by atoms with van der Waals surface area (Å²) in [7, 11) is -4.09. The minimum Gasteiger partial charge on any atom is -0.465 e. The SMILES string of the molecule is CCOC(=O)[C@H](C)NP(=O)(N[C@@H](C)C(O)OCC)OC[C@H]1O[C@@](C)(c2ccc3c(N)ncnn23)[C@H](O)[C@@H]1O. The summed E-state index contributed by atoms with van der Waals surface area (Å²) in [6.07, 6.45) is -4.06. The number of nitrogens with zero attached hydrogens (tertiary/aromatic N) is 3. The van der Waals surface area contributed by atoms with Crippen molar-refractivity contribution >= 4 is 25.0 Å². The lowest BCUT2D eigenvalue weighted by molar-refractivity contribution is -0.144. The average molecular weight is 561 g/mol. The van der Waals surface area contributed by atoms with Gasteiger partial charge < -0.3 is 39.8 Å². The molecule has 0 bridgehead atoms. The van der Waals surface area contributed by atoms with E-state index in [4.69, 9.17) is 24.5 Å². The van der Waals surface area contributed by atoms with Crippen LogP contribution in [0.2, 0.25) is 0 Å². The maximum absolute atomic E-state index is 13.7. The van der Waals surface area contributed by atoms with Crippen molar-refractivity contribution in [1.82, 2.24) is 24.8 Å². The van der Waals surface area contributed by atoms with E-state index < -0.39 is 62.5 Å². The number of fused-ring (bicyclic) bond motifs is 1. The van der Waals surface area contributed by atoms with Gasteiger partial charge in [-0.3, -0.25) is 9.36 Å². The van der Waals surface area contributed by atoms with E-state index in [0.29, 0.717) is 11.2 Å². The van der Waals surface area contributed by atoms with Crippen LogP contribution in [-0.2, 0) is 33.7 Å². The largest absolute Gasteiger partial charge is 0.465 e. The molecule has 1 aliphatic rings. The van der Waals surface area contributed by atoms with E-state index in [1.54, 1.807) is 32.9 Å². The molecule has 1 saturated heterocycles. The molecule has 0 amide bonds.